The quantitative estimate of drug-likeness (QED) is 0.707. The fourth-order valence-electron chi connectivity index (χ4n) is 1.31. The Morgan fingerprint density at radius 1 is 1.29 bits per heavy atom. The summed E-state index contributed by atoms with van der Waals surface area (Å²) in [4.78, 5) is 3.71. The van der Waals surface area contributed by atoms with Crippen LogP contribution in [0.5, 0.6) is 0 Å². The van der Waals surface area contributed by atoms with E-state index in [4.69, 9.17) is 4.74 Å². The van der Waals surface area contributed by atoms with Gasteiger partial charge in [0.15, 0.2) is 0 Å². The molecule has 75 valence electrons. The van der Waals surface area contributed by atoms with Crippen LogP contribution in [0, 0.1) is 6.61 Å². The molecule has 0 unspecified atom stereocenters. The van der Waals surface area contributed by atoms with Gasteiger partial charge in [0, 0.05) is 23.9 Å². The maximum Gasteiger partial charge on any atom is 0.0976 e. The lowest BCUT2D eigenvalue weighted by Crippen LogP contribution is -2.33. The maximum absolute atomic E-state index is 5.18. The number of rotatable bonds is 3. The molecular formula is C11H14NOS. The Labute approximate surface area is 89.2 Å². The highest BCUT2D eigenvalue weighted by molar-refractivity contribution is 7.99. The summed E-state index contributed by atoms with van der Waals surface area (Å²) in [5.41, 5.74) is 0. The van der Waals surface area contributed by atoms with Gasteiger partial charge in [-0.15, -0.1) is 11.8 Å². The highest BCUT2D eigenvalue weighted by Crippen LogP contribution is 2.18. The lowest BCUT2D eigenvalue weighted by molar-refractivity contribution is 0.0972. The first-order valence-electron chi connectivity index (χ1n) is 4.78. The van der Waals surface area contributed by atoms with Gasteiger partial charge in [0.1, 0.15) is 0 Å². The molecule has 3 heteroatoms. The summed E-state index contributed by atoms with van der Waals surface area (Å²) in [5.74, 6) is 1.05. The molecule has 1 aliphatic heterocycles. The van der Waals surface area contributed by atoms with Crippen LogP contribution in [0.15, 0.2) is 35.2 Å². The van der Waals surface area contributed by atoms with E-state index in [9.17, 15) is 0 Å². The molecule has 1 radical (unpaired) electrons. The molecule has 0 atom stereocenters. The van der Waals surface area contributed by atoms with Crippen molar-refractivity contribution in [2.24, 2.45) is 0 Å². The van der Waals surface area contributed by atoms with Crippen LogP contribution in [-0.2, 0) is 4.74 Å². The van der Waals surface area contributed by atoms with Crippen LogP contribution >= 0.6 is 11.8 Å². The average Bonchev–Trinajstić information content (AvgIpc) is 2.29. The number of thioether (sulfide) groups is 1. The normalized spacial score (nSPS) is 18.3. The lowest BCUT2D eigenvalue weighted by atomic mass is 10.4. The van der Waals surface area contributed by atoms with Crippen molar-refractivity contribution in [1.29, 1.82) is 0 Å². The van der Waals surface area contributed by atoms with Gasteiger partial charge in [0.25, 0.3) is 0 Å². The lowest BCUT2D eigenvalue weighted by Gasteiger charge is -2.25. The van der Waals surface area contributed by atoms with Crippen molar-refractivity contribution in [2.45, 2.75) is 4.90 Å². The molecule has 2 nitrogen and oxygen atoms in total. The van der Waals surface area contributed by atoms with Crippen LogP contribution in [0.3, 0.4) is 0 Å². The highest BCUT2D eigenvalue weighted by atomic mass is 32.2. The molecule has 1 saturated heterocycles. The van der Waals surface area contributed by atoms with Gasteiger partial charge in [0.05, 0.1) is 13.2 Å². The Kier molecular flexibility index (Phi) is 3.86. The third-order valence-corrected chi connectivity index (χ3v) is 3.23. The zero-order valence-electron chi connectivity index (χ0n) is 8.06. The fourth-order valence-corrected chi connectivity index (χ4v) is 2.23. The number of hydrogen-bond donors (Lipinski definition) is 0. The molecule has 0 aliphatic carbocycles. The summed E-state index contributed by atoms with van der Waals surface area (Å²) in [6.07, 6.45) is 0. The average molecular weight is 208 g/mol. The summed E-state index contributed by atoms with van der Waals surface area (Å²) in [6.45, 7) is 4.70. The largest absolute Gasteiger partial charge is 0.373 e. The van der Waals surface area contributed by atoms with Crippen molar-refractivity contribution in [3.05, 3.63) is 36.9 Å². The van der Waals surface area contributed by atoms with Gasteiger partial charge in [-0.2, -0.15) is 0 Å². The van der Waals surface area contributed by atoms with E-state index in [1.54, 1.807) is 0 Å². The topological polar surface area (TPSA) is 12.5 Å². The molecule has 0 spiro atoms. The van der Waals surface area contributed by atoms with Crippen molar-refractivity contribution in [2.75, 3.05) is 25.6 Å². The molecule has 2 rings (SSSR count). The Hall–Kier alpha value is -0.510. The van der Waals surface area contributed by atoms with E-state index in [1.165, 1.54) is 4.90 Å². The van der Waals surface area contributed by atoms with Crippen LogP contribution in [0.4, 0.5) is 0 Å². The summed E-state index contributed by atoms with van der Waals surface area (Å²) in [5, 5.41) is 0. The van der Waals surface area contributed by atoms with Crippen LogP contribution < -0.4 is 0 Å². The first kappa shape index (κ1) is 10.0. The summed E-state index contributed by atoms with van der Waals surface area (Å²) in [6, 6.07) is 10.5. The maximum atomic E-state index is 5.18. The van der Waals surface area contributed by atoms with E-state index in [0.29, 0.717) is 0 Å². The van der Waals surface area contributed by atoms with Crippen LogP contribution in [-0.4, -0.2) is 30.5 Å². The third kappa shape index (κ3) is 3.01. The third-order valence-electron chi connectivity index (χ3n) is 2.13. The smallest absolute Gasteiger partial charge is 0.0976 e. The van der Waals surface area contributed by atoms with Gasteiger partial charge in [-0.05, 0) is 12.1 Å². The Bertz CT molecular complexity index is 259. The first-order chi connectivity index (χ1) is 6.95. The van der Waals surface area contributed by atoms with Gasteiger partial charge in [-0.25, -0.2) is 0 Å². The van der Waals surface area contributed by atoms with E-state index >= 15 is 0 Å². The number of hydrogen-bond acceptors (Lipinski definition) is 3. The van der Waals surface area contributed by atoms with E-state index in [-0.39, 0.29) is 0 Å². The predicted octanol–water partition coefficient (Wildman–Crippen LogP) is 2.23. The van der Waals surface area contributed by atoms with Gasteiger partial charge >= 0.3 is 0 Å². The minimum absolute atomic E-state index is 0.829. The van der Waals surface area contributed by atoms with Crippen molar-refractivity contribution < 1.29 is 4.74 Å². The van der Waals surface area contributed by atoms with E-state index in [1.807, 2.05) is 24.4 Å². The second kappa shape index (κ2) is 5.39. The zero-order chi connectivity index (χ0) is 9.64. The molecule has 0 amide bonds. The van der Waals surface area contributed by atoms with Gasteiger partial charge in [0.2, 0.25) is 0 Å². The summed E-state index contributed by atoms with van der Waals surface area (Å²) >= 11 is 1.88. The van der Waals surface area contributed by atoms with Crippen molar-refractivity contribution in [1.82, 2.24) is 4.90 Å². The summed E-state index contributed by atoms with van der Waals surface area (Å²) in [7, 11) is 0. The molecule has 1 aliphatic rings. The number of ether oxygens (including phenoxy) is 1. The van der Waals surface area contributed by atoms with E-state index < -0.39 is 0 Å². The van der Waals surface area contributed by atoms with Crippen molar-refractivity contribution >= 4 is 11.8 Å². The van der Waals surface area contributed by atoms with Crippen molar-refractivity contribution in [3.8, 4) is 0 Å². The molecule has 0 aromatic heterocycles. The Morgan fingerprint density at radius 2 is 2.14 bits per heavy atom. The molecule has 1 aromatic carbocycles. The SMILES string of the molecule is [CH]1CN(CSc2ccccc2)CCO1. The van der Waals surface area contributed by atoms with Crippen LogP contribution in [0.25, 0.3) is 0 Å². The molecule has 0 N–H and O–H groups in total. The van der Waals surface area contributed by atoms with Crippen LogP contribution in [0.1, 0.15) is 0 Å². The fraction of sp³-hybridized carbons (Fsp3) is 0.364. The first-order valence-corrected chi connectivity index (χ1v) is 5.77. The molecule has 0 bridgehead atoms. The number of benzene rings is 1. The Morgan fingerprint density at radius 3 is 2.86 bits per heavy atom. The minimum Gasteiger partial charge on any atom is -0.373 e. The van der Waals surface area contributed by atoms with Crippen molar-refractivity contribution in [3.63, 3.8) is 0 Å². The molecule has 14 heavy (non-hydrogen) atoms. The molecule has 1 aromatic rings. The van der Waals surface area contributed by atoms with Gasteiger partial charge in [-0.1, -0.05) is 18.2 Å². The highest BCUT2D eigenvalue weighted by Gasteiger charge is 2.10. The number of nitrogens with zero attached hydrogens (tertiary/aromatic N) is 1. The number of morpholine rings is 1. The standard InChI is InChI=1S/C11H14NOS/c1-2-4-11(5-3-1)14-10-12-6-8-13-9-7-12/h1-5,8H,6-7,9-10H2. The molecule has 1 heterocycles. The predicted molar refractivity (Wildman–Crippen MR) is 59.0 cm³/mol. The second-order valence-corrected chi connectivity index (χ2v) is 4.22. The summed E-state index contributed by atoms with van der Waals surface area (Å²) < 4.78 is 5.18. The van der Waals surface area contributed by atoms with Crippen LogP contribution in [0.2, 0.25) is 0 Å². The monoisotopic (exact) mass is 208 g/mol. The molecule has 0 saturated carbocycles. The minimum atomic E-state index is 0.829. The van der Waals surface area contributed by atoms with Gasteiger partial charge in [-0.3, -0.25) is 4.90 Å². The Balaban J connectivity index is 1.76. The van der Waals surface area contributed by atoms with Gasteiger partial charge < -0.3 is 4.74 Å². The molecular weight excluding hydrogens is 194 g/mol. The zero-order valence-corrected chi connectivity index (χ0v) is 8.87. The molecule has 1 fully saturated rings. The second-order valence-electron chi connectivity index (χ2n) is 3.20. The van der Waals surface area contributed by atoms with E-state index in [0.717, 1.165) is 25.6 Å². The van der Waals surface area contributed by atoms with E-state index in [2.05, 4.69) is 29.2 Å².